The topological polar surface area (TPSA) is 87.0 Å². The molecule has 5 nitrogen and oxygen atoms in total. The number of ether oxygens (including phenoxy) is 1. The molecule has 1 aliphatic heterocycles. The van der Waals surface area contributed by atoms with E-state index >= 15 is 0 Å². The molecule has 0 bridgehead atoms. The van der Waals surface area contributed by atoms with E-state index in [1.165, 1.54) is 0 Å². The molecular weight excluding hydrogens is 344 g/mol. The molecule has 5 heteroatoms. The van der Waals surface area contributed by atoms with Gasteiger partial charge in [-0.05, 0) is 44.9 Å². The first-order valence-corrected chi connectivity index (χ1v) is 10.7. The van der Waals surface area contributed by atoms with Crippen molar-refractivity contribution in [3.8, 4) is 0 Å². The summed E-state index contributed by atoms with van der Waals surface area (Å²) < 4.78 is 6.14. The summed E-state index contributed by atoms with van der Waals surface area (Å²) in [6.45, 7) is 3.65. The third-order valence-corrected chi connectivity index (χ3v) is 6.19. The van der Waals surface area contributed by atoms with E-state index in [2.05, 4.69) is 13.0 Å². The summed E-state index contributed by atoms with van der Waals surface area (Å²) in [6.07, 6.45) is 12.4. The number of fused-ring (bicyclic) bond motifs is 1. The number of carbonyl (C=O) groups excluding carboxylic acids is 1. The third-order valence-electron chi connectivity index (χ3n) is 6.19. The molecule has 1 heterocycles. The van der Waals surface area contributed by atoms with Crippen molar-refractivity contribution >= 4 is 5.78 Å². The van der Waals surface area contributed by atoms with Gasteiger partial charge in [-0.3, -0.25) is 4.79 Å². The Bertz CT molecular complexity index is 487. The Kier molecular flexibility index (Phi) is 8.93. The fourth-order valence-electron chi connectivity index (χ4n) is 4.54. The van der Waals surface area contributed by atoms with Gasteiger partial charge in [0.05, 0.1) is 23.9 Å². The molecule has 0 aromatic heterocycles. The van der Waals surface area contributed by atoms with Crippen molar-refractivity contribution in [3.05, 3.63) is 12.2 Å². The quantitative estimate of drug-likeness (QED) is 0.356. The normalized spacial score (nSPS) is 32.7. The van der Waals surface area contributed by atoms with Crippen LogP contribution in [0.4, 0.5) is 0 Å². The summed E-state index contributed by atoms with van der Waals surface area (Å²) in [6, 6.07) is 0. The minimum atomic E-state index is -0.670. The Morgan fingerprint density at radius 1 is 1.26 bits per heavy atom. The summed E-state index contributed by atoms with van der Waals surface area (Å²) in [4.78, 5) is 11.1. The monoisotopic (exact) mass is 382 g/mol. The summed E-state index contributed by atoms with van der Waals surface area (Å²) in [5.74, 6) is 0.362. The molecule has 2 aliphatic rings. The van der Waals surface area contributed by atoms with E-state index in [0.29, 0.717) is 25.2 Å². The van der Waals surface area contributed by atoms with Crippen LogP contribution in [-0.4, -0.2) is 51.6 Å². The predicted octanol–water partition coefficient (Wildman–Crippen LogP) is 3.15. The predicted molar refractivity (Wildman–Crippen MR) is 105 cm³/mol. The molecule has 6 atom stereocenters. The molecule has 3 N–H and O–H groups in total. The number of aliphatic hydroxyl groups excluding tert-OH is 2. The minimum absolute atomic E-state index is 0.0950. The lowest BCUT2D eigenvalue weighted by molar-refractivity contribution is -0.121. The molecule has 156 valence electrons. The standard InChI is InChI=1S/C22H38O5/c1-3-4-11-22(2,26)12-7-10-18-19-13-17(27-21(19)14-20(18)25)9-6-5-8-16(24)15-23/h7,10,17-21,23,25-26H,3-6,8-9,11-15H2,1-2H3/t17-,18+,19+,20+,21+,22?/m0/s1. The first kappa shape index (κ1) is 22.5. The van der Waals surface area contributed by atoms with Gasteiger partial charge in [0.25, 0.3) is 0 Å². The highest BCUT2D eigenvalue weighted by molar-refractivity contribution is 5.79. The highest BCUT2D eigenvalue weighted by Gasteiger charge is 2.47. The van der Waals surface area contributed by atoms with Gasteiger partial charge >= 0.3 is 0 Å². The summed E-state index contributed by atoms with van der Waals surface area (Å²) in [5, 5.41) is 29.6. The summed E-state index contributed by atoms with van der Waals surface area (Å²) in [7, 11) is 0. The first-order valence-electron chi connectivity index (χ1n) is 10.7. The van der Waals surface area contributed by atoms with Crippen LogP contribution in [0, 0.1) is 11.8 Å². The second-order valence-corrected chi connectivity index (χ2v) is 8.75. The Morgan fingerprint density at radius 2 is 2.04 bits per heavy atom. The number of unbranched alkanes of at least 4 members (excludes halogenated alkanes) is 2. The van der Waals surface area contributed by atoms with E-state index in [-0.39, 0.29) is 36.6 Å². The number of Topliss-reactive ketones (excluding diaryl/α,β-unsaturated/α-hetero) is 1. The molecule has 2 fully saturated rings. The van der Waals surface area contributed by atoms with E-state index in [1.807, 2.05) is 13.0 Å². The van der Waals surface area contributed by atoms with Crippen molar-refractivity contribution in [2.24, 2.45) is 11.8 Å². The van der Waals surface area contributed by atoms with Gasteiger partial charge < -0.3 is 20.1 Å². The van der Waals surface area contributed by atoms with Crippen LogP contribution in [0.5, 0.6) is 0 Å². The molecule has 1 aliphatic carbocycles. The molecule has 1 saturated carbocycles. The van der Waals surface area contributed by atoms with Crippen LogP contribution in [0.3, 0.4) is 0 Å². The zero-order chi connectivity index (χ0) is 19.9. The van der Waals surface area contributed by atoms with Crippen molar-refractivity contribution in [3.63, 3.8) is 0 Å². The van der Waals surface area contributed by atoms with E-state index in [4.69, 9.17) is 9.84 Å². The first-order chi connectivity index (χ1) is 12.9. The highest BCUT2D eigenvalue weighted by atomic mass is 16.5. The van der Waals surface area contributed by atoms with Crippen molar-refractivity contribution in [2.45, 2.75) is 102 Å². The Morgan fingerprint density at radius 3 is 2.74 bits per heavy atom. The van der Waals surface area contributed by atoms with E-state index in [0.717, 1.165) is 44.9 Å². The van der Waals surface area contributed by atoms with Gasteiger partial charge in [-0.1, -0.05) is 38.3 Å². The zero-order valence-corrected chi connectivity index (χ0v) is 17.0. The third kappa shape index (κ3) is 6.97. The van der Waals surface area contributed by atoms with Crippen LogP contribution in [0.25, 0.3) is 0 Å². The fraction of sp³-hybridized carbons (Fsp3) is 0.864. The number of carbonyl (C=O) groups is 1. The van der Waals surface area contributed by atoms with Crippen LogP contribution < -0.4 is 0 Å². The van der Waals surface area contributed by atoms with Crippen LogP contribution in [-0.2, 0) is 9.53 Å². The molecule has 1 saturated heterocycles. The molecule has 0 spiro atoms. The van der Waals surface area contributed by atoms with Crippen molar-refractivity contribution in [1.29, 1.82) is 0 Å². The number of aliphatic hydroxyl groups is 3. The van der Waals surface area contributed by atoms with Crippen molar-refractivity contribution in [1.82, 2.24) is 0 Å². The second kappa shape index (κ2) is 10.7. The maximum absolute atomic E-state index is 11.1. The van der Waals surface area contributed by atoms with Gasteiger partial charge in [0.2, 0.25) is 0 Å². The van der Waals surface area contributed by atoms with E-state index in [1.54, 1.807) is 0 Å². The van der Waals surface area contributed by atoms with Gasteiger partial charge in [-0.25, -0.2) is 0 Å². The molecule has 2 rings (SSSR count). The molecule has 0 amide bonds. The zero-order valence-electron chi connectivity index (χ0n) is 17.0. The summed E-state index contributed by atoms with van der Waals surface area (Å²) in [5.41, 5.74) is -0.670. The molecule has 0 aromatic rings. The minimum Gasteiger partial charge on any atom is -0.392 e. The Balaban J connectivity index is 1.77. The SMILES string of the molecule is CCCCC(C)(O)CC=C[C@@H]1[C@H]2C[C@H](CCCCC(=O)CO)O[C@@H]2C[C@H]1O. The number of hydrogen-bond acceptors (Lipinski definition) is 5. The Labute approximate surface area is 163 Å². The number of ketones is 1. The van der Waals surface area contributed by atoms with Gasteiger partial charge in [-0.15, -0.1) is 0 Å². The van der Waals surface area contributed by atoms with Gasteiger partial charge in [-0.2, -0.15) is 0 Å². The van der Waals surface area contributed by atoms with E-state index in [9.17, 15) is 15.0 Å². The molecule has 0 aromatic carbocycles. The molecular formula is C22H38O5. The van der Waals surface area contributed by atoms with Crippen molar-refractivity contribution < 1.29 is 24.9 Å². The highest BCUT2D eigenvalue weighted by Crippen LogP contribution is 2.45. The molecule has 0 radical (unpaired) electrons. The van der Waals surface area contributed by atoms with Gasteiger partial charge in [0.1, 0.15) is 6.61 Å². The average Bonchev–Trinajstić information content (AvgIpc) is 3.14. The molecule has 1 unspecified atom stereocenters. The average molecular weight is 383 g/mol. The smallest absolute Gasteiger partial charge is 0.158 e. The van der Waals surface area contributed by atoms with Crippen LogP contribution >= 0.6 is 0 Å². The van der Waals surface area contributed by atoms with Gasteiger partial charge in [0, 0.05) is 18.8 Å². The lowest BCUT2D eigenvalue weighted by atomic mass is 9.88. The number of rotatable bonds is 12. The maximum Gasteiger partial charge on any atom is 0.158 e. The second-order valence-electron chi connectivity index (χ2n) is 8.75. The van der Waals surface area contributed by atoms with Crippen LogP contribution in [0.2, 0.25) is 0 Å². The largest absolute Gasteiger partial charge is 0.392 e. The van der Waals surface area contributed by atoms with Crippen molar-refractivity contribution in [2.75, 3.05) is 6.61 Å². The van der Waals surface area contributed by atoms with Crippen LogP contribution in [0.15, 0.2) is 12.2 Å². The lowest BCUT2D eigenvalue weighted by Gasteiger charge is -2.22. The number of hydrogen-bond donors (Lipinski definition) is 3. The fourth-order valence-corrected chi connectivity index (χ4v) is 4.54. The van der Waals surface area contributed by atoms with Crippen LogP contribution in [0.1, 0.15) is 78.1 Å². The molecule has 27 heavy (non-hydrogen) atoms. The summed E-state index contributed by atoms with van der Waals surface area (Å²) >= 11 is 0. The van der Waals surface area contributed by atoms with E-state index < -0.39 is 5.60 Å². The van der Waals surface area contributed by atoms with Gasteiger partial charge in [0.15, 0.2) is 5.78 Å². The lowest BCUT2D eigenvalue weighted by Crippen LogP contribution is -2.23. The maximum atomic E-state index is 11.1. The Hall–Kier alpha value is -0.750.